The van der Waals surface area contributed by atoms with Crippen LogP contribution in [0.1, 0.15) is 16.2 Å². The molecular formula is C21H23N5O3. The first-order valence-corrected chi connectivity index (χ1v) is 9.51. The Morgan fingerprint density at radius 1 is 1.14 bits per heavy atom. The summed E-state index contributed by atoms with van der Waals surface area (Å²) in [5.74, 6) is 1.93. The van der Waals surface area contributed by atoms with Gasteiger partial charge in [0, 0.05) is 32.4 Å². The Hall–Kier alpha value is -3.55. The molecule has 29 heavy (non-hydrogen) atoms. The summed E-state index contributed by atoms with van der Waals surface area (Å²) in [6.07, 6.45) is 3.21. The summed E-state index contributed by atoms with van der Waals surface area (Å²) in [5, 5.41) is 3.08. The molecule has 2 aromatic heterocycles. The molecule has 1 aliphatic rings. The number of anilines is 2. The van der Waals surface area contributed by atoms with E-state index in [0.717, 1.165) is 30.3 Å². The van der Waals surface area contributed by atoms with E-state index in [9.17, 15) is 4.79 Å². The number of rotatable bonds is 6. The molecule has 0 aliphatic carbocycles. The Labute approximate surface area is 169 Å². The Morgan fingerprint density at radius 3 is 2.72 bits per heavy atom. The maximum absolute atomic E-state index is 12.9. The molecule has 4 rings (SSSR count). The number of aromatic nitrogens is 2. The summed E-state index contributed by atoms with van der Waals surface area (Å²) in [4.78, 5) is 25.5. The van der Waals surface area contributed by atoms with Gasteiger partial charge in [-0.1, -0.05) is 12.1 Å². The van der Waals surface area contributed by atoms with Gasteiger partial charge in [0.25, 0.3) is 5.91 Å². The van der Waals surface area contributed by atoms with E-state index in [1.165, 1.54) is 0 Å². The number of para-hydroxylation sites is 2. The van der Waals surface area contributed by atoms with Gasteiger partial charge >= 0.3 is 0 Å². The molecule has 150 valence electrons. The summed E-state index contributed by atoms with van der Waals surface area (Å²) in [7, 11) is 1.67. The van der Waals surface area contributed by atoms with Crippen molar-refractivity contribution in [1.29, 1.82) is 0 Å². The third-order valence-electron chi connectivity index (χ3n) is 4.87. The van der Waals surface area contributed by atoms with Crippen LogP contribution < -0.4 is 15.0 Å². The number of ether oxygens (including phenoxy) is 1. The monoisotopic (exact) mass is 393 g/mol. The third-order valence-corrected chi connectivity index (χ3v) is 4.87. The Kier molecular flexibility index (Phi) is 5.60. The quantitative estimate of drug-likeness (QED) is 0.689. The van der Waals surface area contributed by atoms with Gasteiger partial charge in [-0.2, -0.15) is 0 Å². The second-order valence-electron chi connectivity index (χ2n) is 6.65. The predicted molar refractivity (Wildman–Crippen MR) is 109 cm³/mol. The minimum Gasteiger partial charge on any atom is -0.495 e. The Morgan fingerprint density at radius 2 is 1.97 bits per heavy atom. The van der Waals surface area contributed by atoms with E-state index in [4.69, 9.17) is 9.15 Å². The van der Waals surface area contributed by atoms with Crippen molar-refractivity contribution in [3.63, 3.8) is 0 Å². The molecule has 0 spiro atoms. The highest BCUT2D eigenvalue weighted by Crippen LogP contribution is 2.28. The number of benzene rings is 1. The molecule has 0 unspecified atom stereocenters. The van der Waals surface area contributed by atoms with Gasteiger partial charge in [0.1, 0.15) is 17.2 Å². The van der Waals surface area contributed by atoms with E-state index in [1.54, 1.807) is 25.6 Å². The van der Waals surface area contributed by atoms with Crippen LogP contribution in [0.4, 0.5) is 11.6 Å². The maximum atomic E-state index is 12.9. The van der Waals surface area contributed by atoms with Crippen molar-refractivity contribution in [1.82, 2.24) is 14.9 Å². The average Bonchev–Trinajstić information content (AvgIpc) is 3.31. The van der Waals surface area contributed by atoms with Gasteiger partial charge in [-0.15, -0.1) is 0 Å². The highest BCUT2D eigenvalue weighted by Gasteiger charge is 2.24. The van der Waals surface area contributed by atoms with Crippen LogP contribution in [0.5, 0.6) is 5.75 Å². The highest BCUT2D eigenvalue weighted by molar-refractivity contribution is 5.92. The van der Waals surface area contributed by atoms with Gasteiger partial charge in [-0.05, 0) is 30.3 Å². The third kappa shape index (κ3) is 4.31. The number of hydrogen-bond donors (Lipinski definition) is 1. The van der Waals surface area contributed by atoms with Gasteiger partial charge in [0.15, 0.2) is 0 Å². The molecule has 1 amide bonds. The van der Waals surface area contributed by atoms with Gasteiger partial charge in [0.2, 0.25) is 5.95 Å². The van der Waals surface area contributed by atoms with Crippen LogP contribution in [-0.2, 0) is 6.54 Å². The Balaban J connectivity index is 1.37. The summed E-state index contributed by atoms with van der Waals surface area (Å²) >= 11 is 0. The fourth-order valence-electron chi connectivity index (χ4n) is 3.35. The topological polar surface area (TPSA) is 83.7 Å². The highest BCUT2D eigenvalue weighted by atomic mass is 16.5. The number of methoxy groups -OCH3 is 1. The predicted octanol–water partition coefficient (Wildman–Crippen LogP) is 2.65. The van der Waals surface area contributed by atoms with E-state index in [1.807, 2.05) is 41.3 Å². The number of amides is 1. The van der Waals surface area contributed by atoms with E-state index >= 15 is 0 Å². The number of hydrogen-bond acceptors (Lipinski definition) is 7. The van der Waals surface area contributed by atoms with Crippen LogP contribution in [0.15, 0.2) is 59.3 Å². The lowest BCUT2D eigenvalue weighted by Crippen LogP contribution is -2.49. The van der Waals surface area contributed by atoms with Crippen molar-refractivity contribution >= 4 is 17.5 Å². The van der Waals surface area contributed by atoms with E-state index in [2.05, 4.69) is 20.2 Å². The number of furan rings is 1. The van der Waals surface area contributed by atoms with Crippen molar-refractivity contribution < 1.29 is 13.9 Å². The van der Waals surface area contributed by atoms with Crippen LogP contribution in [0.2, 0.25) is 0 Å². The van der Waals surface area contributed by atoms with Gasteiger partial charge in [0.05, 0.1) is 25.6 Å². The molecule has 1 fully saturated rings. The second-order valence-corrected chi connectivity index (χ2v) is 6.65. The summed E-state index contributed by atoms with van der Waals surface area (Å²) in [5.41, 5.74) is 1.43. The fourth-order valence-corrected chi connectivity index (χ4v) is 3.35. The average molecular weight is 393 g/mol. The first kappa shape index (κ1) is 18.8. The second kappa shape index (κ2) is 8.64. The first-order valence-electron chi connectivity index (χ1n) is 9.51. The molecule has 0 atom stereocenters. The zero-order valence-corrected chi connectivity index (χ0v) is 16.2. The molecule has 1 aromatic carbocycles. The number of nitrogens with one attached hydrogen (secondary N) is 1. The lowest BCUT2D eigenvalue weighted by molar-refractivity contribution is 0.0740. The van der Waals surface area contributed by atoms with Crippen LogP contribution >= 0.6 is 0 Å². The van der Waals surface area contributed by atoms with Crippen molar-refractivity contribution in [2.24, 2.45) is 0 Å². The standard InChI is InChI=1S/C21H23N5O3/c1-28-19-7-3-2-6-18(19)25-10-12-26(13-11-25)20(27)17-8-9-22-21(24-17)23-15-16-5-4-14-29-16/h2-9,14H,10-13,15H2,1H3,(H,22,23,24). The van der Waals surface area contributed by atoms with E-state index < -0.39 is 0 Å². The molecule has 8 nitrogen and oxygen atoms in total. The number of carbonyl (C=O) groups is 1. The zero-order chi connectivity index (χ0) is 20.1. The molecule has 0 radical (unpaired) electrons. The van der Waals surface area contributed by atoms with Crippen LogP contribution in [0.25, 0.3) is 0 Å². The molecule has 1 aliphatic heterocycles. The maximum Gasteiger partial charge on any atom is 0.272 e. The largest absolute Gasteiger partial charge is 0.495 e. The van der Waals surface area contributed by atoms with Gasteiger partial charge in [-0.3, -0.25) is 4.79 Å². The fraction of sp³-hybridized carbons (Fsp3) is 0.286. The zero-order valence-electron chi connectivity index (χ0n) is 16.2. The summed E-state index contributed by atoms with van der Waals surface area (Å²) < 4.78 is 10.7. The SMILES string of the molecule is COc1ccccc1N1CCN(C(=O)c2ccnc(NCc3ccco3)n2)CC1. The number of carbonyl (C=O) groups excluding carboxylic acids is 1. The lowest BCUT2D eigenvalue weighted by atomic mass is 10.2. The molecular weight excluding hydrogens is 370 g/mol. The smallest absolute Gasteiger partial charge is 0.272 e. The van der Waals surface area contributed by atoms with E-state index in [0.29, 0.717) is 31.3 Å². The van der Waals surface area contributed by atoms with Crippen molar-refractivity contribution in [3.05, 3.63) is 66.4 Å². The summed E-state index contributed by atoms with van der Waals surface area (Å²) in [6.45, 7) is 3.18. The molecule has 3 aromatic rings. The molecule has 1 saturated heterocycles. The van der Waals surface area contributed by atoms with Crippen LogP contribution in [0.3, 0.4) is 0 Å². The van der Waals surface area contributed by atoms with Crippen LogP contribution in [0, 0.1) is 0 Å². The van der Waals surface area contributed by atoms with Crippen molar-refractivity contribution in [3.8, 4) is 5.75 Å². The molecule has 8 heteroatoms. The molecule has 0 bridgehead atoms. The van der Waals surface area contributed by atoms with Crippen molar-refractivity contribution in [2.45, 2.75) is 6.54 Å². The number of piperazine rings is 1. The lowest BCUT2D eigenvalue weighted by Gasteiger charge is -2.36. The summed E-state index contributed by atoms with van der Waals surface area (Å²) in [6, 6.07) is 13.3. The number of nitrogens with zero attached hydrogens (tertiary/aromatic N) is 4. The molecule has 3 heterocycles. The van der Waals surface area contributed by atoms with Crippen LogP contribution in [-0.4, -0.2) is 54.1 Å². The van der Waals surface area contributed by atoms with Crippen molar-refractivity contribution in [2.75, 3.05) is 43.5 Å². The normalized spacial score (nSPS) is 14.0. The van der Waals surface area contributed by atoms with E-state index in [-0.39, 0.29) is 5.91 Å². The van der Waals surface area contributed by atoms with Gasteiger partial charge in [-0.25, -0.2) is 9.97 Å². The first-order chi connectivity index (χ1) is 14.2. The molecule has 0 saturated carbocycles. The Bertz CT molecular complexity index is 952. The molecule has 1 N–H and O–H groups in total. The van der Waals surface area contributed by atoms with Gasteiger partial charge < -0.3 is 24.3 Å². The minimum atomic E-state index is -0.0897. The minimum absolute atomic E-state index is 0.0897.